The fraction of sp³-hybridized carbons (Fsp3) is 0.889. The largest absolute Gasteiger partial charge is 0.299 e. The maximum absolute atomic E-state index is 8.58. The van der Waals surface area contributed by atoms with E-state index in [-0.39, 0.29) is 5.38 Å². The van der Waals surface area contributed by atoms with Gasteiger partial charge in [0, 0.05) is 30.1 Å². The standard InChI is InChI=1S/C9H15ClN2S/c1-7-4-12(5-8(2)13-7)6-9(10)3-11/h7-9H,4-6H2,1-2H3. The van der Waals surface area contributed by atoms with Crippen molar-refractivity contribution >= 4 is 23.4 Å². The number of thioether (sulfide) groups is 1. The molecule has 0 bridgehead atoms. The molecular weight excluding hydrogens is 204 g/mol. The lowest BCUT2D eigenvalue weighted by Crippen LogP contribution is -2.42. The van der Waals surface area contributed by atoms with E-state index in [1.165, 1.54) is 0 Å². The Balaban J connectivity index is 2.38. The molecule has 1 aliphatic rings. The SMILES string of the molecule is CC1CN(CC(Cl)C#N)CC(C)S1. The van der Waals surface area contributed by atoms with Gasteiger partial charge in [0.25, 0.3) is 0 Å². The Labute approximate surface area is 89.2 Å². The van der Waals surface area contributed by atoms with Crippen molar-refractivity contribution in [2.24, 2.45) is 0 Å². The Hall–Kier alpha value is 0.0900. The van der Waals surface area contributed by atoms with Crippen LogP contribution in [0.1, 0.15) is 13.8 Å². The van der Waals surface area contributed by atoms with Crippen LogP contribution < -0.4 is 0 Å². The fourth-order valence-corrected chi connectivity index (χ4v) is 3.28. The molecule has 3 unspecified atom stereocenters. The number of hydrogen-bond donors (Lipinski definition) is 0. The number of alkyl halides is 1. The van der Waals surface area contributed by atoms with Gasteiger partial charge in [-0.3, -0.25) is 4.90 Å². The van der Waals surface area contributed by atoms with Crippen LogP contribution in [0.2, 0.25) is 0 Å². The van der Waals surface area contributed by atoms with Crippen molar-refractivity contribution in [1.29, 1.82) is 5.26 Å². The number of nitrogens with zero attached hydrogens (tertiary/aromatic N) is 2. The van der Waals surface area contributed by atoms with Gasteiger partial charge in [0.2, 0.25) is 0 Å². The summed E-state index contributed by atoms with van der Waals surface area (Å²) in [5.41, 5.74) is 0. The monoisotopic (exact) mass is 218 g/mol. The lowest BCUT2D eigenvalue weighted by molar-refractivity contribution is 0.279. The first kappa shape index (κ1) is 11.2. The van der Waals surface area contributed by atoms with Gasteiger partial charge in [-0.05, 0) is 0 Å². The Morgan fingerprint density at radius 2 is 2.08 bits per heavy atom. The summed E-state index contributed by atoms with van der Waals surface area (Å²) in [6.45, 7) is 7.26. The van der Waals surface area contributed by atoms with Crippen molar-refractivity contribution in [1.82, 2.24) is 4.90 Å². The van der Waals surface area contributed by atoms with E-state index in [1.807, 2.05) is 11.8 Å². The molecule has 3 atom stereocenters. The topological polar surface area (TPSA) is 27.0 Å². The Kier molecular flexibility index (Phi) is 4.37. The number of hydrogen-bond acceptors (Lipinski definition) is 3. The van der Waals surface area contributed by atoms with Crippen molar-refractivity contribution in [3.05, 3.63) is 0 Å². The van der Waals surface area contributed by atoms with Gasteiger partial charge < -0.3 is 0 Å². The van der Waals surface area contributed by atoms with Crippen molar-refractivity contribution in [2.45, 2.75) is 29.7 Å². The van der Waals surface area contributed by atoms with Crippen molar-refractivity contribution in [2.75, 3.05) is 19.6 Å². The average Bonchev–Trinajstić information content (AvgIpc) is 2.02. The zero-order valence-electron chi connectivity index (χ0n) is 8.03. The molecule has 74 valence electrons. The molecule has 0 aromatic heterocycles. The van der Waals surface area contributed by atoms with E-state index in [2.05, 4.69) is 24.8 Å². The summed E-state index contributed by atoms with van der Waals surface area (Å²) in [5, 5.41) is 9.54. The van der Waals surface area contributed by atoms with Crippen LogP contribution in [0.4, 0.5) is 0 Å². The van der Waals surface area contributed by atoms with Crippen LogP contribution in [-0.4, -0.2) is 40.4 Å². The summed E-state index contributed by atoms with van der Waals surface area (Å²) >= 11 is 7.80. The molecule has 0 saturated carbocycles. The summed E-state index contributed by atoms with van der Waals surface area (Å²) in [6, 6.07) is 2.06. The fourth-order valence-electron chi connectivity index (χ4n) is 1.70. The highest BCUT2D eigenvalue weighted by molar-refractivity contribution is 8.00. The molecule has 13 heavy (non-hydrogen) atoms. The summed E-state index contributed by atoms with van der Waals surface area (Å²) in [5.74, 6) is 0. The molecule has 1 saturated heterocycles. The summed E-state index contributed by atoms with van der Waals surface area (Å²) in [4.78, 5) is 2.28. The van der Waals surface area contributed by atoms with E-state index in [4.69, 9.17) is 16.9 Å². The highest BCUT2D eigenvalue weighted by Crippen LogP contribution is 2.24. The molecule has 0 aliphatic carbocycles. The van der Waals surface area contributed by atoms with Gasteiger partial charge in [-0.2, -0.15) is 17.0 Å². The summed E-state index contributed by atoms with van der Waals surface area (Å²) in [6.07, 6.45) is 0. The first-order valence-corrected chi connectivity index (χ1v) is 5.91. The zero-order chi connectivity index (χ0) is 9.84. The molecular formula is C9H15ClN2S. The van der Waals surface area contributed by atoms with Gasteiger partial charge in [-0.1, -0.05) is 13.8 Å². The number of halogens is 1. The van der Waals surface area contributed by atoms with Crippen molar-refractivity contribution in [3.8, 4) is 6.07 Å². The quantitative estimate of drug-likeness (QED) is 0.663. The molecule has 1 fully saturated rings. The molecule has 0 spiro atoms. The Morgan fingerprint density at radius 3 is 2.54 bits per heavy atom. The average molecular weight is 219 g/mol. The highest BCUT2D eigenvalue weighted by atomic mass is 35.5. The third kappa shape index (κ3) is 3.76. The second-order valence-electron chi connectivity index (χ2n) is 3.57. The first-order chi connectivity index (χ1) is 6.11. The van der Waals surface area contributed by atoms with Gasteiger partial charge in [0.05, 0.1) is 6.07 Å². The lowest BCUT2D eigenvalue weighted by Gasteiger charge is -2.34. The molecule has 1 heterocycles. The van der Waals surface area contributed by atoms with E-state index < -0.39 is 0 Å². The van der Waals surface area contributed by atoms with Crippen molar-refractivity contribution < 1.29 is 0 Å². The highest BCUT2D eigenvalue weighted by Gasteiger charge is 2.23. The van der Waals surface area contributed by atoms with Crippen LogP contribution in [0.5, 0.6) is 0 Å². The van der Waals surface area contributed by atoms with Crippen LogP contribution in [0, 0.1) is 11.3 Å². The molecule has 4 heteroatoms. The smallest absolute Gasteiger partial charge is 0.133 e. The lowest BCUT2D eigenvalue weighted by atomic mass is 10.3. The van der Waals surface area contributed by atoms with E-state index in [0.717, 1.165) is 13.1 Å². The Bertz CT molecular complexity index is 194. The summed E-state index contributed by atoms with van der Waals surface area (Å²) < 4.78 is 0. The van der Waals surface area contributed by atoms with Gasteiger partial charge in [0.15, 0.2) is 0 Å². The number of rotatable bonds is 2. The molecule has 0 amide bonds. The van der Waals surface area contributed by atoms with Gasteiger partial charge in [0.1, 0.15) is 5.38 Å². The molecule has 0 aromatic rings. The second kappa shape index (κ2) is 5.09. The Morgan fingerprint density at radius 1 is 1.54 bits per heavy atom. The van der Waals surface area contributed by atoms with Crippen LogP contribution >= 0.6 is 23.4 Å². The predicted octanol–water partition coefficient (Wildman–Crippen LogP) is 1.94. The normalized spacial score (nSPS) is 32.5. The van der Waals surface area contributed by atoms with Gasteiger partial charge in [-0.25, -0.2) is 0 Å². The van der Waals surface area contributed by atoms with Gasteiger partial charge >= 0.3 is 0 Å². The van der Waals surface area contributed by atoms with Crippen LogP contribution in [-0.2, 0) is 0 Å². The van der Waals surface area contributed by atoms with E-state index in [0.29, 0.717) is 17.0 Å². The van der Waals surface area contributed by atoms with Crippen molar-refractivity contribution in [3.63, 3.8) is 0 Å². The van der Waals surface area contributed by atoms with E-state index in [9.17, 15) is 0 Å². The minimum absolute atomic E-state index is 0.359. The zero-order valence-corrected chi connectivity index (χ0v) is 9.61. The molecule has 1 rings (SSSR count). The molecule has 0 N–H and O–H groups in total. The maximum atomic E-state index is 8.58. The second-order valence-corrected chi connectivity index (χ2v) is 5.98. The minimum atomic E-state index is -0.359. The minimum Gasteiger partial charge on any atom is -0.299 e. The van der Waals surface area contributed by atoms with E-state index in [1.54, 1.807) is 0 Å². The van der Waals surface area contributed by atoms with E-state index >= 15 is 0 Å². The number of nitriles is 1. The first-order valence-electron chi connectivity index (χ1n) is 4.53. The summed E-state index contributed by atoms with van der Waals surface area (Å²) in [7, 11) is 0. The van der Waals surface area contributed by atoms with Crippen LogP contribution in [0.3, 0.4) is 0 Å². The third-order valence-electron chi connectivity index (χ3n) is 2.05. The van der Waals surface area contributed by atoms with Gasteiger partial charge in [-0.15, -0.1) is 11.6 Å². The third-order valence-corrected chi connectivity index (χ3v) is 3.52. The molecule has 0 radical (unpaired) electrons. The van der Waals surface area contributed by atoms with Crippen LogP contribution in [0.15, 0.2) is 0 Å². The molecule has 1 aliphatic heterocycles. The maximum Gasteiger partial charge on any atom is 0.133 e. The predicted molar refractivity (Wildman–Crippen MR) is 58.2 cm³/mol. The molecule has 0 aromatic carbocycles. The van der Waals surface area contributed by atoms with Crippen LogP contribution in [0.25, 0.3) is 0 Å². The molecule has 2 nitrogen and oxygen atoms in total.